The molecule has 0 aromatic carbocycles. The third-order valence-electron chi connectivity index (χ3n) is 3.43. The van der Waals surface area contributed by atoms with Gasteiger partial charge in [0.1, 0.15) is 5.60 Å². The van der Waals surface area contributed by atoms with Crippen molar-refractivity contribution in [3.8, 4) is 0 Å². The largest absolute Gasteiger partial charge is 0.444 e. The summed E-state index contributed by atoms with van der Waals surface area (Å²) in [6.45, 7) is 9.07. The molecule has 0 spiro atoms. The molecule has 0 bridgehead atoms. The summed E-state index contributed by atoms with van der Waals surface area (Å²) in [6.07, 6.45) is 0.605. The SMILES string of the molecule is CC(C)(C)OC(=O)N1CCN(C2CCNC2=O)CC1. The minimum absolute atomic E-state index is 0.0132. The van der Waals surface area contributed by atoms with E-state index >= 15 is 0 Å². The van der Waals surface area contributed by atoms with Crippen molar-refractivity contribution in [3.05, 3.63) is 0 Å². The van der Waals surface area contributed by atoms with E-state index in [9.17, 15) is 9.59 Å². The first-order chi connectivity index (χ1) is 8.87. The second-order valence-electron chi connectivity index (χ2n) is 6.10. The molecular formula is C13H23N3O3. The molecule has 1 N–H and O–H groups in total. The molecule has 0 radical (unpaired) electrons. The van der Waals surface area contributed by atoms with Gasteiger partial charge in [0.05, 0.1) is 6.04 Å². The van der Waals surface area contributed by atoms with Crippen molar-refractivity contribution < 1.29 is 14.3 Å². The van der Waals surface area contributed by atoms with Gasteiger partial charge < -0.3 is 15.0 Å². The Morgan fingerprint density at radius 3 is 2.37 bits per heavy atom. The molecule has 6 nitrogen and oxygen atoms in total. The van der Waals surface area contributed by atoms with E-state index in [4.69, 9.17) is 4.74 Å². The minimum atomic E-state index is -0.459. The third kappa shape index (κ3) is 3.59. The van der Waals surface area contributed by atoms with Crippen LogP contribution in [0.15, 0.2) is 0 Å². The van der Waals surface area contributed by atoms with E-state index in [1.807, 2.05) is 20.8 Å². The topological polar surface area (TPSA) is 61.9 Å². The predicted octanol–water partition coefficient (Wildman–Crippen LogP) is 0.428. The van der Waals surface area contributed by atoms with Gasteiger partial charge in [-0.3, -0.25) is 9.69 Å². The Bertz CT molecular complexity index is 357. The van der Waals surface area contributed by atoms with Gasteiger partial charge in [0.25, 0.3) is 0 Å². The molecule has 1 unspecified atom stereocenters. The number of piperazine rings is 1. The van der Waals surface area contributed by atoms with Gasteiger partial charge in [-0.1, -0.05) is 0 Å². The quantitative estimate of drug-likeness (QED) is 0.750. The zero-order valence-corrected chi connectivity index (χ0v) is 11.9. The van der Waals surface area contributed by atoms with Crippen LogP contribution in [-0.4, -0.2) is 66.2 Å². The van der Waals surface area contributed by atoms with Crippen LogP contribution in [0.5, 0.6) is 0 Å². The summed E-state index contributed by atoms with van der Waals surface area (Å²) in [5, 5.41) is 2.85. The van der Waals surface area contributed by atoms with Crippen LogP contribution in [0.4, 0.5) is 4.79 Å². The van der Waals surface area contributed by atoms with Crippen LogP contribution >= 0.6 is 0 Å². The number of nitrogens with zero attached hydrogens (tertiary/aromatic N) is 2. The number of nitrogens with one attached hydrogen (secondary N) is 1. The van der Waals surface area contributed by atoms with Gasteiger partial charge >= 0.3 is 6.09 Å². The molecule has 1 atom stereocenters. The number of hydrogen-bond acceptors (Lipinski definition) is 4. The first-order valence-corrected chi connectivity index (χ1v) is 6.86. The predicted molar refractivity (Wildman–Crippen MR) is 70.8 cm³/mol. The number of amides is 2. The van der Waals surface area contributed by atoms with E-state index in [0.717, 1.165) is 26.1 Å². The Labute approximate surface area is 114 Å². The van der Waals surface area contributed by atoms with Crippen molar-refractivity contribution in [3.63, 3.8) is 0 Å². The highest BCUT2D eigenvalue weighted by Crippen LogP contribution is 2.15. The second kappa shape index (κ2) is 5.36. The summed E-state index contributed by atoms with van der Waals surface area (Å²) in [4.78, 5) is 27.4. The maximum absolute atomic E-state index is 11.9. The maximum Gasteiger partial charge on any atom is 0.410 e. The molecule has 0 aromatic rings. The average Bonchev–Trinajstić information content (AvgIpc) is 2.73. The molecule has 2 heterocycles. The molecule has 2 aliphatic heterocycles. The molecule has 108 valence electrons. The lowest BCUT2D eigenvalue weighted by Crippen LogP contribution is -2.54. The van der Waals surface area contributed by atoms with Crippen molar-refractivity contribution in [2.75, 3.05) is 32.7 Å². The van der Waals surface area contributed by atoms with E-state index in [2.05, 4.69) is 10.2 Å². The molecule has 19 heavy (non-hydrogen) atoms. The Hall–Kier alpha value is -1.30. The molecule has 2 fully saturated rings. The highest BCUT2D eigenvalue weighted by atomic mass is 16.6. The summed E-state index contributed by atoms with van der Waals surface area (Å²) < 4.78 is 5.35. The van der Waals surface area contributed by atoms with Crippen molar-refractivity contribution in [1.29, 1.82) is 0 Å². The highest BCUT2D eigenvalue weighted by Gasteiger charge is 2.34. The normalized spacial score (nSPS) is 25.3. The number of hydrogen-bond donors (Lipinski definition) is 1. The van der Waals surface area contributed by atoms with Gasteiger partial charge in [0.15, 0.2) is 0 Å². The molecule has 2 saturated heterocycles. The standard InChI is InChI=1S/C13H23N3O3/c1-13(2,3)19-12(18)16-8-6-15(7-9-16)10-4-5-14-11(10)17/h10H,4-9H2,1-3H3,(H,14,17). The fourth-order valence-electron chi connectivity index (χ4n) is 2.47. The van der Waals surface area contributed by atoms with E-state index in [1.54, 1.807) is 4.90 Å². The lowest BCUT2D eigenvalue weighted by Gasteiger charge is -2.37. The summed E-state index contributed by atoms with van der Waals surface area (Å²) >= 11 is 0. The second-order valence-corrected chi connectivity index (χ2v) is 6.10. The van der Waals surface area contributed by atoms with Crippen molar-refractivity contribution in [1.82, 2.24) is 15.1 Å². The molecule has 6 heteroatoms. The van der Waals surface area contributed by atoms with Gasteiger partial charge in [-0.25, -0.2) is 4.79 Å². The maximum atomic E-state index is 11.9. The third-order valence-corrected chi connectivity index (χ3v) is 3.43. The number of ether oxygens (including phenoxy) is 1. The average molecular weight is 269 g/mol. The fraction of sp³-hybridized carbons (Fsp3) is 0.846. The highest BCUT2D eigenvalue weighted by molar-refractivity contribution is 5.83. The molecule has 0 aliphatic carbocycles. The van der Waals surface area contributed by atoms with Gasteiger partial charge in [-0.15, -0.1) is 0 Å². The van der Waals surface area contributed by atoms with Crippen LogP contribution in [-0.2, 0) is 9.53 Å². The van der Waals surface area contributed by atoms with Crippen LogP contribution < -0.4 is 5.32 Å². The zero-order chi connectivity index (χ0) is 14.0. The smallest absolute Gasteiger partial charge is 0.410 e. The van der Waals surface area contributed by atoms with E-state index in [-0.39, 0.29) is 18.0 Å². The summed E-state index contributed by atoms with van der Waals surface area (Å²) in [5.74, 6) is 0.116. The first-order valence-electron chi connectivity index (χ1n) is 6.86. The Balaban J connectivity index is 1.82. The molecule has 2 amide bonds. The Kier molecular flexibility index (Phi) is 3.99. The van der Waals surface area contributed by atoms with E-state index in [1.165, 1.54) is 0 Å². The molecule has 0 saturated carbocycles. The number of carbonyl (C=O) groups excluding carboxylic acids is 2. The van der Waals surface area contributed by atoms with Gasteiger partial charge in [-0.05, 0) is 27.2 Å². The summed E-state index contributed by atoms with van der Waals surface area (Å²) in [6, 6.07) is -0.0132. The van der Waals surface area contributed by atoms with E-state index < -0.39 is 5.60 Å². The number of carbonyl (C=O) groups is 2. The number of rotatable bonds is 1. The van der Waals surface area contributed by atoms with Crippen LogP contribution in [0.25, 0.3) is 0 Å². The lowest BCUT2D eigenvalue weighted by atomic mass is 10.2. The van der Waals surface area contributed by atoms with Crippen LogP contribution in [0, 0.1) is 0 Å². The Morgan fingerprint density at radius 2 is 1.89 bits per heavy atom. The van der Waals surface area contributed by atoms with Crippen LogP contribution in [0.2, 0.25) is 0 Å². The van der Waals surface area contributed by atoms with Gasteiger partial charge in [0, 0.05) is 32.7 Å². The summed E-state index contributed by atoms with van der Waals surface area (Å²) in [5.41, 5.74) is -0.459. The molecule has 2 aliphatic rings. The van der Waals surface area contributed by atoms with E-state index in [0.29, 0.717) is 13.1 Å². The van der Waals surface area contributed by atoms with Gasteiger partial charge in [-0.2, -0.15) is 0 Å². The molecule has 2 rings (SSSR count). The Morgan fingerprint density at radius 1 is 1.26 bits per heavy atom. The van der Waals surface area contributed by atoms with Crippen LogP contribution in [0.1, 0.15) is 27.2 Å². The monoisotopic (exact) mass is 269 g/mol. The van der Waals surface area contributed by atoms with Gasteiger partial charge in [0.2, 0.25) is 5.91 Å². The lowest BCUT2D eigenvalue weighted by molar-refractivity contribution is -0.124. The zero-order valence-electron chi connectivity index (χ0n) is 11.9. The van der Waals surface area contributed by atoms with Crippen LogP contribution in [0.3, 0.4) is 0 Å². The first kappa shape index (κ1) is 14.1. The van der Waals surface area contributed by atoms with Crippen molar-refractivity contribution in [2.45, 2.75) is 38.8 Å². The molecular weight excluding hydrogens is 246 g/mol. The van der Waals surface area contributed by atoms with Crippen molar-refractivity contribution in [2.24, 2.45) is 0 Å². The van der Waals surface area contributed by atoms with Crippen molar-refractivity contribution >= 4 is 12.0 Å². The summed E-state index contributed by atoms with van der Waals surface area (Å²) in [7, 11) is 0. The minimum Gasteiger partial charge on any atom is -0.444 e. The fourth-order valence-corrected chi connectivity index (χ4v) is 2.47. The molecule has 0 aromatic heterocycles.